The normalized spacial score (nSPS) is 15.6. The van der Waals surface area contributed by atoms with Crippen molar-refractivity contribution < 1.29 is 4.79 Å². The van der Waals surface area contributed by atoms with Crippen LogP contribution in [-0.2, 0) is 17.6 Å². The number of carbonyl (C=O) groups is 1. The largest absolute Gasteiger partial charge is 0.316 e. The number of thioether (sulfide) groups is 1. The first-order valence-electron chi connectivity index (χ1n) is 9.51. The first-order valence-corrected chi connectivity index (χ1v) is 11.3. The molecule has 0 radical (unpaired) electrons. The summed E-state index contributed by atoms with van der Waals surface area (Å²) < 4.78 is 1.93. The highest BCUT2D eigenvalue weighted by Gasteiger charge is 2.24. The summed E-state index contributed by atoms with van der Waals surface area (Å²) in [6, 6.07) is 12.1. The van der Waals surface area contributed by atoms with E-state index in [0.29, 0.717) is 21.6 Å². The fraction of sp³-hybridized carbons (Fsp3) is 0.333. The number of para-hydroxylation sites is 1. The van der Waals surface area contributed by atoms with Gasteiger partial charge in [0.15, 0.2) is 5.16 Å². The quantitative estimate of drug-likeness (QED) is 0.616. The van der Waals surface area contributed by atoms with Crippen molar-refractivity contribution in [2.24, 2.45) is 5.92 Å². The molecule has 1 atom stereocenters. The van der Waals surface area contributed by atoms with E-state index in [0.717, 1.165) is 36.3 Å². The summed E-state index contributed by atoms with van der Waals surface area (Å²) in [6.07, 6.45) is 2.99. The van der Waals surface area contributed by atoms with Crippen molar-refractivity contribution in [3.63, 3.8) is 0 Å². The lowest BCUT2D eigenvalue weighted by Gasteiger charge is -2.17. The summed E-state index contributed by atoms with van der Waals surface area (Å²) in [7, 11) is 0. The molecule has 3 aromatic rings. The van der Waals surface area contributed by atoms with Crippen molar-refractivity contribution in [2.75, 3.05) is 11.1 Å². The Morgan fingerprint density at radius 3 is 2.93 bits per heavy atom. The van der Waals surface area contributed by atoms with Gasteiger partial charge in [-0.2, -0.15) is 5.26 Å². The smallest absolute Gasteiger partial charge is 0.235 e. The Morgan fingerprint density at radius 2 is 2.17 bits per heavy atom. The van der Waals surface area contributed by atoms with Crippen LogP contribution in [0.2, 0.25) is 0 Å². The van der Waals surface area contributed by atoms with E-state index in [-0.39, 0.29) is 11.7 Å². The Bertz CT molecular complexity index is 1080. The van der Waals surface area contributed by atoms with Crippen molar-refractivity contribution in [3.05, 3.63) is 52.2 Å². The number of thiophene rings is 1. The molecule has 0 bridgehead atoms. The Morgan fingerprint density at radius 1 is 1.38 bits per heavy atom. The van der Waals surface area contributed by atoms with Crippen LogP contribution < -0.4 is 5.32 Å². The minimum atomic E-state index is -0.140. The molecule has 1 unspecified atom stereocenters. The van der Waals surface area contributed by atoms with Gasteiger partial charge in [0.2, 0.25) is 5.91 Å². The predicted molar refractivity (Wildman–Crippen MR) is 116 cm³/mol. The van der Waals surface area contributed by atoms with Crippen molar-refractivity contribution in [2.45, 2.75) is 38.3 Å². The number of hydrogen-bond donors (Lipinski definition) is 1. The van der Waals surface area contributed by atoms with Gasteiger partial charge in [-0.15, -0.1) is 21.5 Å². The summed E-state index contributed by atoms with van der Waals surface area (Å²) in [5.74, 6) is 1.46. The topological polar surface area (TPSA) is 83.6 Å². The zero-order valence-corrected chi connectivity index (χ0v) is 17.9. The van der Waals surface area contributed by atoms with Gasteiger partial charge in [-0.1, -0.05) is 36.9 Å². The van der Waals surface area contributed by atoms with Crippen LogP contribution in [0.3, 0.4) is 0 Å². The highest BCUT2D eigenvalue weighted by atomic mass is 32.2. The molecule has 148 valence electrons. The number of aryl methyl sites for hydroxylation is 1. The maximum Gasteiger partial charge on any atom is 0.235 e. The summed E-state index contributed by atoms with van der Waals surface area (Å²) >= 11 is 2.89. The fourth-order valence-electron chi connectivity index (χ4n) is 3.56. The number of nitrogens with zero attached hydrogens (tertiary/aromatic N) is 4. The van der Waals surface area contributed by atoms with Crippen LogP contribution in [0.25, 0.3) is 5.69 Å². The van der Waals surface area contributed by atoms with E-state index in [1.54, 1.807) is 11.3 Å². The standard InChI is InChI=1S/C21H21N5OS2/c1-13-8-9-16-17(11-22)20(29-18(16)10-13)23-19(27)12-28-21-25-24-14(2)26(21)15-6-4-3-5-7-15/h3-7,13H,8-10,12H2,1-2H3,(H,23,27). The Hall–Kier alpha value is -2.63. The molecule has 1 N–H and O–H groups in total. The van der Waals surface area contributed by atoms with E-state index >= 15 is 0 Å². The molecule has 1 aliphatic rings. The van der Waals surface area contributed by atoms with Crippen LogP contribution in [0, 0.1) is 24.2 Å². The van der Waals surface area contributed by atoms with E-state index in [1.165, 1.54) is 16.6 Å². The van der Waals surface area contributed by atoms with Crippen molar-refractivity contribution in [3.8, 4) is 11.8 Å². The average Bonchev–Trinajstić information content (AvgIpc) is 3.25. The molecule has 6 nitrogen and oxygen atoms in total. The highest BCUT2D eigenvalue weighted by Crippen LogP contribution is 2.39. The molecule has 0 saturated heterocycles. The molecule has 0 fully saturated rings. The average molecular weight is 424 g/mol. The molecule has 0 aliphatic heterocycles. The zero-order chi connectivity index (χ0) is 20.4. The number of fused-ring (bicyclic) bond motifs is 1. The van der Waals surface area contributed by atoms with E-state index in [1.807, 2.05) is 41.8 Å². The van der Waals surface area contributed by atoms with Gasteiger partial charge < -0.3 is 5.32 Å². The molecule has 8 heteroatoms. The van der Waals surface area contributed by atoms with Gasteiger partial charge >= 0.3 is 0 Å². The lowest BCUT2D eigenvalue weighted by Crippen LogP contribution is -2.14. The van der Waals surface area contributed by atoms with E-state index < -0.39 is 0 Å². The SMILES string of the molecule is Cc1nnc(SCC(=O)Nc2sc3c(c2C#N)CCC(C)C3)n1-c1ccccc1. The summed E-state index contributed by atoms with van der Waals surface area (Å²) in [5.41, 5.74) is 2.72. The predicted octanol–water partition coefficient (Wildman–Crippen LogP) is 4.36. The number of hydrogen-bond acceptors (Lipinski definition) is 6. The number of nitrogens with one attached hydrogen (secondary N) is 1. The molecular weight excluding hydrogens is 402 g/mol. The number of rotatable bonds is 5. The van der Waals surface area contributed by atoms with Crippen LogP contribution in [0.5, 0.6) is 0 Å². The number of amides is 1. The third kappa shape index (κ3) is 4.07. The van der Waals surface area contributed by atoms with Gasteiger partial charge in [0.25, 0.3) is 0 Å². The minimum absolute atomic E-state index is 0.140. The highest BCUT2D eigenvalue weighted by molar-refractivity contribution is 7.99. The van der Waals surface area contributed by atoms with Crippen LogP contribution >= 0.6 is 23.1 Å². The second-order valence-electron chi connectivity index (χ2n) is 7.21. The molecule has 1 aromatic carbocycles. The van der Waals surface area contributed by atoms with Crippen molar-refractivity contribution in [1.82, 2.24) is 14.8 Å². The van der Waals surface area contributed by atoms with Gasteiger partial charge in [0.1, 0.15) is 16.9 Å². The zero-order valence-electron chi connectivity index (χ0n) is 16.3. The summed E-state index contributed by atoms with van der Waals surface area (Å²) in [4.78, 5) is 13.8. The molecule has 2 heterocycles. The van der Waals surface area contributed by atoms with Gasteiger partial charge in [-0.05, 0) is 49.8 Å². The van der Waals surface area contributed by atoms with Gasteiger partial charge in [-0.25, -0.2) is 0 Å². The summed E-state index contributed by atoms with van der Waals surface area (Å²) in [6.45, 7) is 4.12. The Balaban J connectivity index is 1.47. The molecule has 2 aromatic heterocycles. The lowest BCUT2D eigenvalue weighted by molar-refractivity contribution is -0.113. The van der Waals surface area contributed by atoms with Crippen LogP contribution in [-0.4, -0.2) is 26.4 Å². The molecular formula is C21H21N5OS2. The molecule has 29 heavy (non-hydrogen) atoms. The van der Waals surface area contributed by atoms with Gasteiger partial charge in [0.05, 0.1) is 11.3 Å². The van der Waals surface area contributed by atoms with Crippen LogP contribution in [0.15, 0.2) is 35.5 Å². The Labute approximate surface area is 178 Å². The van der Waals surface area contributed by atoms with Crippen molar-refractivity contribution in [1.29, 1.82) is 5.26 Å². The van der Waals surface area contributed by atoms with Gasteiger partial charge in [-0.3, -0.25) is 9.36 Å². The fourth-order valence-corrected chi connectivity index (χ4v) is 5.74. The van der Waals surface area contributed by atoms with E-state index in [9.17, 15) is 10.1 Å². The van der Waals surface area contributed by atoms with Crippen molar-refractivity contribution >= 4 is 34.0 Å². The van der Waals surface area contributed by atoms with Gasteiger partial charge in [0, 0.05) is 10.6 Å². The molecule has 0 saturated carbocycles. The number of nitriles is 1. The Kier molecular flexibility index (Phi) is 5.69. The second-order valence-corrected chi connectivity index (χ2v) is 9.25. The summed E-state index contributed by atoms with van der Waals surface area (Å²) in [5, 5.41) is 22.3. The number of carbonyl (C=O) groups excluding carboxylic acids is 1. The first-order chi connectivity index (χ1) is 14.1. The first kappa shape index (κ1) is 19.7. The van der Waals surface area contributed by atoms with E-state index in [2.05, 4.69) is 28.5 Å². The lowest BCUT2D eigenvalue weighted by atomic mass is 9.89. The molecule has 0 spiro atoms. The molecule has 1 amide bonds. The third-order valence-electron chi connectivity index (χ3n) is 5.02. The number of anilines is 1. The molecule has 4 rings (SSSR count). The maximum atomic E-state index is 12.6. The van der Waals surface area contributed by atoms with Crippen LogP contribution in [0.1, 0.15) is 35.2 Å². The maximum absolute atomic E-state index is 12.6. The monoisotopic (exact) mass is 423 g/mol. The third-order valence-corrected chi connectivity index (χ3v) is 7.12. The number of benzene rings is 1. The molecule has 1 aliphatic carbocycles. The van der Waals surface area contributed by atoms with Crippen LogP contribution in [0.4, 0.5) is 5.00 Å². The number of aromatic nitrogens is 3. The van der Waals surface area contributed by atoms with E-state index in [4.69, 9.17) is 0 Å². The second kappa shape index (κ2) is 8.39. The minimum Gasteiger partial charge on any atom is -0.316 e.